The second-order valence-corrected chi connectivity index (χ2v) is 6.48. The average molecular weight is 330 g/mol. The van der Waals surface area contributed by atoms with Gasteiger partial charge in [-0.05, 0) is 48.6 Å². The summed E-state index contributed by atoms with van der Waals surface area (Å²) >= 11 is 0. The van der Waals surface area contributed by atoms with Crippen molar-refractivity contribution < 1.29 is 9.47 Å². The summed E-state index contributed by atoms with van der Waals surface area (Å²) in [5.41, 5.74) is 5.71. The molecule has 1 aromatic carbocycles. The molecule has 25 heavy (non-hydrogen) atoms. The van der Waals surface area contributed by atoms with Crippen LogP contribution in [0.2, 0.25) is 0 Å². The van der Waals surface area contributed by atoms with Gasteiger partial charge in [-0.3, -0.25) is 4.98 Å². The van der Waals surface area contributed by atoms with Crippen LogP contribution in [0.4, 0.5) is 0 Å². The van der Waals surface area contributed by atoms with Crippen LogP contribution in [0.3, 0.4) is 0 Å². The minimum atomic E-state index is 0.589. The summed E-state index contributed by atoms with van der Waals surface area (Å²) in [5, 5.41) is 0. The van der Waals surface area contributed by atoms with Gasteiger partial charge >= 0.3 is 0 Å². The van der Waals surface area contributed by atoms with E-state index in [9.17, 15) is 0 Å². The highest BCUT2D eigenvalue weighted by atomic mass is 16.5. The van der Waals surface area contributed by atoms with Gasteiger partial charge in [0.2, 0.25) is 5.88 Å². The SMILES string of the molecule is c1cnc(Oc2cnc3c(c2)CCC3)c(-c2cccc3c2OCC3)c1. The van der Waals surface area contributed by atoms with E-state index in [0.29, 0.717) is 5.88 Å². The van der Waals surface area contributed by atoms with Gasteiger partial charge in [0.1, 0.15) is 11.5 Å². The zero-order valence-electron chi connectivity index (χ0n) is 13.9. The molecule has 0 spiro atoms. The molecule has 2 aromatic heterocycles. The van der Waals surface area contributed by atoms with E-state index in [4.69, 9.17) is 9.47 Å². The minimum absolute atomic E-state index is 0.589. The van der Waals surface area contributed by atoms with Crippen LogP contribution in [0, 0.1) is 0 Å². The van der Waals surface area contributed by atoms with Gasteiger partial charge in [0.15, 0.2) is 0 Å². The topological polar surface area (TPSA) is 44.2 Å². The fourth-order valence-corrected chi connectivity index (χ4v) is 3.68. The first-order valence-corrected chi connectivity index (χ1v) is 8.74. The molecule has 0 unspecified atom stereocenters. The Labute approximate surface area is 146 Å². The summed E-state index contributed by atoms with van der Waals surface area (Å²) in [6, 6.07) is 12.3. The van der Waals surface area contributed by atoms with E-state index in [2.05, 4.69) is 34.2 Å². The van der Waals surface area contributed by atoms with E-state index in [1.807, 2.05) is 12.1 Å². The number of aromatic nitrogens is 2. The zero-order valence-corrected chi connectivity index (χ0v) is 13.9. The van der Waals surface area contributed by atoms with Crippen LogP contribution in [0.25, 0.3) is 11.1 Å². The molecule has 0 bridgehead atoms. The Bertz CT molecular complexity index is 952. The highest BCUT2D eigenvalue weighted by Crippen LogP contribution is 2.41. The predicted octanol–water partition coefficient (Wildman–Crippen LogP) is 4.36. The van der Waals surface area contributed by atoms with E-state index in [1.54, 1.807) is 12.4 Å². The number of para-hydroxylation sites is 1. The average Bonchev–Trinajstić information content (AvgIpc) is 3.30. The van der Waals surface area contributed by atoms with Crippen LogP contribution in [0.5, 0.6) is 17.4 Å². The summed E-state index contributed by atoms with van der Waals surface area (Å²) in [6.45, 7) is 0.734. The third kappa shape index (κ3) is 2.54. The Balaban J connectivity index is 1.55. The minimum Gasteiger partial charge on any atom is -0.492 e. The molecule has 1 aliphatic heterocycles. The van der Waals surface area contributed by atoms with Crippen LogP contribution in [0.15, 0.2) is 48.8 Å². The lowest BCUT2D eigenvalue weighted by Crippen LogP contribution is -1.95. The molecular weight excluding hydrogens is 312 g/mol. The first kappa shape index (κ1) is 14.5. The van der Waals surface area contributed by atoms with Gasteiger partial charge < -0.3 is 9.47 Å². The van der Waals surface area contributed by atoms with E-state index in [1.165, 1.54) is 23.2 Å². The summed E-state index contributed by atoms with van der Waals surface area (Å²) in [5.74, 6) is 2.28. The lowest BCUT2D eigenvalue weighted by atomic mass is 10.0. The summed E-state index contributed by atoms with van der Waals surface area (Å²) in [7, 11) is 0. The van der Waals surface area contributed by atoms with Gasteiger partial charge in [-0.15, -0.1) is 0 Å². The number of benzene rings is 1. The predicted molar refractivity (Wildman–Crippen MR) is 95.2 cm³/mol. The third-order valence-electron chi connectivity index (χ3n) is 4.88. The summed E-state index contributed by atoms with van der Waals surface area (Å²) < 4.78 is 12.0. The number of hydrogen-bond donors (Lipinski definition) is 0. The normalized spacial score (nSPS) is 14.7. The Morgan fingerprint density at radius 1 is 0.920 bits per heavy atom. The molecule has 5 rings (SSSR count). The lowest BCUT2D eigenvalue weighted by Gasteiger charge is -2.13. The quantitative estimate of drug-likeness (QED) is 0.716. The Morgan fingerprint density at radius 2 is 1.88 bits per heavy atom. The largest absolute Gasteiger partial charge is 0.492 e. The standard InChI is InChI=1S/C21H18N2O2/c1-4-14-9-11-24-20(14)17(6-1)18-7-3-10-22-21(18)25-16-12-15-5-2-8-19(15)23-13-16/h1,3-4,6-7,10,12-13H,2,5,8-9,11H2. The summed E-state index contributed by atoms with van der Waals surface area (Å²) in [6.07, 6.45) is 7.83. The van der Waals surface area contributed by atoms with Gasteiger partial charge in [-0.1, -0.05) is 18.2 Å². The second kappa shape index (κ2) is 5.88. The van der Waals surface area contributed by atoms with Gasteiger partial charge in [0, 0.05) is 29.4 Å². The first-order chi connectivity index (χ1) is 12.4. The Hall–Kier alpha value is -2.88. The smallest absolute Gasteiger partial charge is 0.227 e. The van der Waals surface area contributed by atoms with Crippen LogP contribution >= 0.6 is 0 Å². The highest BCUT2D eigenvalue weighted by Gasteiger charge is 2.20. The number of hydrogen-bond acceptors (Lipinski definition) is 4. The molecule has 0 fully saturated rings. The van der Waals surface area contributed by atoms with E-state index in [0.717, 1.165) is 48.5 Å². The molecule has 0 N–H and O–H groups in total. The van der Waals surface area contributed by atoms with Crippen molar-refractivity contribution in [1.82, 2.24) is 9.97 Å². The molecule has 0 saturated carbocycles. The van der Waals surface area contributed by atoms with Crippen molar-refractivity contribution in [2.24, 2.45) is 0 Å². The molecule has 0 amide bonds. The van der Waals surface area contributed by atoms with E-state index >= 15 is 0 Å². The maximum Gasteiger partial charge on any atom is 0.227 e. The number of pyridine rings is 2. The van der Waals surface area contributed by atoms with Crippen LogP contribution in [-0.2, 0) is 19.3 Å². The van der Waals surface area contributed by atoms with Gasteiger partial charge in [0.25, 0.3) is 0 Å². The number of nitrogens with zero attached hydrogens (tertiary/aromatic N) is 2. The molecule has 3 aromatic rings. The molecule has 1 aliphatic carbocycles. The zero-order chi connectivity index (χ0) is 16.6. The summed E-state index contributed by atoms with van der Waals surface area (Å²) in [4.78, 5) is 9.00. The van der Waals surface area contributed by atoms with Crippen molar-refractivity contribution in [3.05, 3.63) is 65.6 Å². The fourth-order valence-electron chi connectivity index (χ4n) is 3.68. The first-order valence-electron chi connectivity index (χ1n) is 8.74. The molecular formula is C21H18N2O2. The van der Waals surface area contributed by atoms with Crippen molar-refractivity contribution in [3.63, 3.8) is 0 Å². The number of aryl methyl sites for hydroxylation is 2. The van der Waals surface area contributed by atoms with Crippen LogP contribution < -0.4 is 9.47 Å². The molecule has 3 heterocycles. The highest BCUT2D eigenvalue weighted by molar-refractivity contribution is 5.76. The molecule has 124 valence electrons. The number of fused-ring (bicyclic) bond motifs is 2. The van der Waals surface area contributed by atoms with Crippen molar-refractivity contribution in [2.45, 2.75) is 25.7 Å². The van der Waals surface area contributed by atoms with Crippen LogP contribution in [-0.4, -0.2) is 16.6 Å². The monoisotopic (exact) mass is 330 g/mol. The van der Waals surface area contributed by atoms with Gasteiger partial charge in [0.05, 0.1) is 12.8 Å². The molecule has 2 aliphatic rings. The van der Waals surface area contributed by atoms with Crippen molar-refractivity contribution in [3.8, 4) is 28.5 Å². The Morgan fingerprint density at radius 3 is 2.88 bits per heavy atom. The molecule has 0 saturated heterocycles. The number of rotatable bonds is 3. The van der Waals surface area contributed by atoms with Gasteiger partial charge in [-0.2, -0.15) is 0 Å². The van der Waals surface area contributed by atoms with E-state index < -0.39 is 0 Å². The number of ether oxygens (including phenoxy) is 2. The lowest BCUT2D eigenvalue weighted by molar-refractivity contribution is 0.357. The molecule has 4 nitrogen and oxygen atoms in total. The van der Waals surface area contributed by atoms with Crippen molar-refractivity contribution >= 4 is 0 Å². The fraction of sp³-hybridized carbons (Fsp3) is 0.238. The van der Waals surface area contributed by atoms with Crippen molar-refractivity contribution in [2.75, 3.05) is 6.61 Å². The molecule has 4 heteroatoms. The second-order valence-electron chi connectivity index (χ2n) is 6.48. The van der Waals surface area contributed by atoms with E-state index in [-0.39, 0.29) is 0 Å². The molecule has 0 radical (unpaired) electrons. The van der Waals surface area contributed by atoms with Gasteiger partial charge in [-0.25, -0.2) is 4.98 Å². The molecule has 0 atom stereocenters. The Kier molecular flexibility index (Phi) is 3.40. The van der Waals surface area contributed by atoms with Crippen molar-refractivity contribution in [1.29, 1.82) is 0 Å². The maximum absolute atomic E-state index is 6.12. The van der Waals surface area contributed by atoms with Crippen LogP contribution in [0.1, 0.15) is 23.2 Å². The maximum atomic E-state index is 6.12. The third-order valence-corrected chi connectivity index (χ3v) is 4.88.